The smallest absolute Gasteiger partial charge is 0.150 e. The van der Waals surface area contributed by atoms with E-state index in [-0.39, 0.29) is 0 Å². The lowest BCUT2D eigenvalue weighted by Crippen LogP contribution is -2.03. The van der Waals surface area contributed by atoms with E-state index in [1.54, 1.807) is 0 Å². The fourth-order valence-corrected chi connectivity index (χ4v) is 3.15. The van der Waals surface area contributed by atoms with Gasteiger partial charge in [-0.3, -0.25) is 0 Å². The van der Waals surface area contributed by atoms with Gasteiger partial charge in [0.05, 0.1) is 0 Å². The average Bonchev–Trinajstić information content (AvgIpc) is 2.05. The van der Waals surface area contributed by atoms with Crippen LogP contribution in [-0.2, 0) is 0 Å². The summed E-state index contributed by atoms with van der Waals surface area (Å²) in [7, 11) is -1.32. The molecule has 0 fully saturated rings. The number of allylic oxidation sites excluding steroid dienone is 2. The molecule has 0 radical (unpaired) electrons. The van der Waals surface area contributed by atoms with Crippen LogP contribution in [0.25, 0.3) is 0 Å². The zero-order valence-electron chi connectivity index (χ0n) is 7.31. The van der Waals surface area contributed by atoms with Crippen LogP contribution in [0.5, 0.6) is 0 Å². The molecule has 3 heteroatoms. The first-order valence-corrected chi connectivity index (χ1v) is 9.03. The summed E-state index contributed by atoms with van der Waals surface area (Å²) >= 11 is 11.6. The second-order valence-electron chi connectivity index (χ2n) is 3.47. The number of halogens is 2. The van der Waals surface area contributed by atoms with Crippen LogP contribution in [0.15, 0.2) is 12.2 Å². The lowest BCUT2D eigenvalue weighted by molar-refractivity contribution is 0.440. The molecule has 0 spiro atoms. The highest BCUT2D eigenvalue weighted by atomic mass is 35.7. The van der Waals surface area contributed by atoms with Gasteiger partial charge in [-0.05, 0) is 31.2 Å². The highest BCUT2D eigenvalue weighted by Gasteiger charge is 2.10. The normalized spacial score (nSPS) is 23.4. The van der Waals surface area contributed by atoms with E-state index < -0.39 is 7.42 Å². The Labute approximate surface area is 86.0 Å². The van der Waals surface area contributed by atoms with Crippen LogP contribution in [0.1, 0.15) is 32.1 Å². The van der Waals surface area contributed by atoms with Gasteiger partial charge in [-0.2, -0.15) is 22.2 Å². The Kier molecular flexibility index (Phi) is 5.36. The van der Waals surface area contributed by atoms with Gasteiger partial charge in [0.15, 0.2) is 0 Å². The minimum absolute atomic E-state index is 0.913. The van der Waals surface area contributed by atoms with Crippen molar-refractivity contribution >= 4 is 29.6 Å². The van der Waals surface area contributed by atoms with Crippen LogP contribution in [0, 0.1) is 5.92 Å². The van der Waals surface area contributed by atoms with Crippen molar-refractivity contribution in [2.24, 2.45) is 5.92 Å². The molecule has 1 aliphatic rings. The summed E-state index contributed by atoms with van der Waals surface area (Å²) in [4.78, 5) is 0. The van der Waals surface area contributed by atoms with Crippen LogP contribution in [0.2, 0.25) is 6.04 Å². The minimum atomic E-state index is -1.32. The molecule has 0 aromatic heterocycles. The first kappa shape index (κ1) is 10.6. The first-order valence-electron chi connectivity index (χ1n) is 4.72. The summed E-state index contributed by atoms with van der Waals surface area (Å²) in [5, 5.41) is 0. The van der Waals surface area contributed by atoms with Gasteiger partial charge in [-0.1, -0.05) is 25.0 Å². The maximum atomic E-state index is 5.79. The van der Waals surface area contributed by atoms with Crippen LogP contribution in [0.4, 0.5) is 0 Å². The van der Waals surface area contributed by atoms with Crippen molar-refractivity contribution in [3.8, 4) is 0 Å². The molecule has 70 valence electrons. The molecule has 0 saturated heterocycles. The molecule has 0 saturated carbocycles. The van der Waals surface area contributed by atoms with Crippen LogP contribution in [-0.4, -0.2) is 7.42 Å². The monoisotopic (exact) mass is 222 g/mol. The minimum Gasteiger partial charge on any atom is -0.150 e. The van der Waals surface area contributed by atoms with E-state index in [1.807, 2.05) is 0 Å². The predicted molar refractivity (Wildman–Crippen MR) is 59.4 cm³/mol. The van der Waals surface area contributed by atoms with E-state index in [1.165, 1.54) is 32.1 Å². The maximum absolute atomic E-state index is 5.79. The average molecular weight is 223 g/mol. The zero-order chi connectivity index (χ0) is 8.81. The van der Waals surface area contributed by atoms with Gasteiger partial charge >= 0.3 is 0 Å². The van der Waals surface area contributed by atoms with Crippen LogP contribution in [0.3, 0.4) is 0 Å². The Balaban J connectivity index is 2.03. The standard InChI is InChI=1S/C9H16Cl2Si/c10-12(11)8-4-7-9-5-2-1-3-6-9/h1-2,9,12H,3-8H2/t9-/m0/s1. The molecule has 0 nitrogen and oxygen atoms in total. The van der Waals surface area contributed by atoms with E-state index in [0.29, 0.717) is 0 Å². The lowest BCUT2D eigenvalue weighted by Gasteiger charge is -2.16. The molecular weight excluding hydrogens is 207 g/mol. The van der Waals surface area contributed by atoms with Gasteiger partial charge in [0, 0.05) is 0 Å². The predicted octanol–water partition coefficient (Wildman–Crippen LogP) is 3.82. The second-order valence-corrected chi connectivity index (χ2v) is 8.66. The summed E-state index contributed by atoms with van der Waals surface area (Å²) in [6.07, 6.45) is 11.1. The third-order valence-electron chi connectivity index (χ3n) is 2.41. The highest BCUT2D eigenvalue weighted by Crippen LogP contribution is 2.24. The SMILES string of the molecule is Cl[SiH](Cl)CCC[C@H]1CC=CCC1. The molecule has 0 aromatic carbocycles. The fourth-order valence-electron chi connectivity index (χ4n) is 1.68. The fraction of sp³-hybridized carbons (Fsp3) is 0.778. The van der Waals surface area contributed by atoms with Crippen molar-refractivity contribution in [3.05, 3.63) is 12.2 Å². The Bertz CT molecular complexity index is 145. The maximum Gasteiger partial charge on any atom is 0.237 e. The Hall–Kier alpha value is 0.537. The zero-order valence-corrected chi connectivity index (χ0v) is 9.97. The third-order valence-corrected chi connectivity index (χ3v) is 4.57. The number of rotatable bonds is 4. The molecule has 0 unspecified atom stereocenters. The van der Waals surface area contributed by atoms with Gasteiger partial charge < -0.3 is 0 Å². The van der Waals surface area contributed by atoms with Crippen LogP contribution < -0.4 is 0 Å². The quantitative estimate of drug-likeness (QED) is 0.386. The summed E-state index contributed by atoms with van der Waals surface area (Å²) in [6, 6.07) is 1.09. The Morgan fingerprint density at radius 1 is 1.33 bits per heavy atom. The van der Waals surface area contributed by atoms with Gasteiger partial charge in [-0.25, -0.2) is 0 Å². The van der Waals surface area contributed by atoms with Crippen LogP contribution >= 0.6 is 22.2 Å². The Morgan fingerprint density at radius 3 is 2.75 bits per heavy atom. The van der Waals surface area contributed by atoms with Gasteiger partial charge in [0.1, 0.15) is 0 Å². The molecular formula is C9H16Cl2Si. The molecule has 1 rings (SSSR count). The summed E-state index contributed by atoms with van der Waals surface area (Å²) in [5.41, 5.74) is 0. The van der Waals surface area contributed by atoms with E-state index in [2.05, 4.69) is 12.2 Å². The number of hydrogen-bond donors (Lipinski definition) is 0. The number of hydrogen-bond acceptors (Lipinski definition) is 0. The van der Waals surface area contributed by atoms with Crippen molar-refractivity contribution < 1.29 is 0 Å². The molecule has 0 heterocycles. The molecule has 0 aromatic rings. The molecule has 1 atom stereocenters. The second kappa shape index (κ2) is 6.06. The van der Waals surface area contributed by atoms with Crippen molar-refractivity contribution in [3.63, 3.8) is 0 Å². The summed E-state index contributed by atoms with van der Waals surface area (Å²) < 4.78 is 0. The molecule has 0 N–H and O–H groups in total. The summed E-state index contributed by atoms with van der Waals surface area (Å²) in [5.74, 6) is 0.913. The first-order chi connectivity index (χ1) is 5.79. The largest absolute Gasteiger partial charge is 0.237 e. The third kappa shape index (κ3) is 4.54. The topological polar surface area (TPSA) is 0 Å². The van der Waals surface area contributed by atoms with E-state index in [0.717, 1.165) is 12.0 Å². The van der Waals surface area contributed by atoms with Gasteiger partial charge in [0.25, 0.3) is 0 Å². The molecule has 0 aliphatic heterocycles. The molecule has 1 aliphatic carbocycles. The molecule has 0 amide bonds. The van der Waals surface area contributed by atoms with E-state index in [4.69, 9.17) is 22.2 Å². The Morgan fingerprint density at radius 2 is 2.17 bits per heavy atom. The van der Waals surface area contributed by atoms with E-state index >= 15 is 0 Å². The van der Waals surface area contributed by atoms with Crippen molar-refractivity contribution in [2.75, 3.05) is 0 Å². The van der Waals surface area contributed by atoms with Gasteiger partial charge in [0.2, 0.25) is 7.42 Å². The highest BCUT2D eigenvalue weighted by molar-refractivity contribution is 7.33. The van der Waals surface area contributed by atoms with Crippen molar-refractivity contribution in [1.29, 1.82) is 0 Å². The lowest BCUT2D eigenvalue weighted by atomic mass is 9.91. The van der Waals surface area contributed by atoms with E-state index in [9.17, 15) is 0 Å². The van der Waals surface area contributed by atoms with Gasteiger partial charge in [-0.15, -0.1) is 0 Å². The summed E-state index contributed by atoms with van der Waals surface area (Å²) in [6.45, 7) is 0. The van der Waals surface area contributed by atoms with Crippen molar-refractivity contribution in [1.82, 2.24) is 0 Å². The van der Waals surface area contributed by atoms with Crippen molar-refractivity contribution in [2.45, 2.75) is 38.1 Å². The molecule has 12 heavy (non-hydrogen) atoms. The molecule has 0 bridgehead atoms.